The van der Waals surface area contributed by atoms with Crippen LogP contribution in [-0.2, 0) is 12.6 Å². The zero-order valence-electron chi connectivity index (χ0n) is 8.65. The molecular weight excluding hydrogens is 243 g/mol. The molecule has 0 saturated heterocycles. The monoisotopic (exact) mass is 250 g/mol. The van der Waals surface area contributed by atoms with Gasteiger partial charge in [0.2, 0.25) is 0 Å². The standard InChI is InChI=1S/C10H7F5N2/c1-5-6(2-3-16)7(10(13,14)15)4-8(17-5)9(11)12/h4,9H,2H2,1H3. The molecular formula is C10H7F5N2. The van der Waals surface area contributed by atoms with Gasteiger partial charge in [-0.05, 0) is 18.6 Å². The highest BCUT2D eigenvalue weighted by atomic mass is 19.4. The maximum absolute atomic E-state index is 12.6. The van der Waals surface area contributed by atoms with Crippen molar-refractivity contribution < 1.29 is 22.0 Å². The van der Waals surface area contributed by atoms with E-state index in [4.69, 9.17) is 5.26 Å². The van der Waals surface area contributed by atoms with Crippen LogP contribution >= 0.6 is 0 Å². The predicted octanol–water partition coefficient (Wildman–Crippen LogP) is 3.41. The second-order valence-corrected chi connectivity index (χ2v) is 3.29. The van der Waals surface area contributed by atoms with Crippen molar-refractivity contribution >= 4 is 0 Å². The molecule has 0 aromatic carbocycles. The third-order valence-electron chi connectivity index (χ3n) is 2.14. The SMILES string of the molecule is Cc1nc(C(F)F)cc(C(F)(F)F)c1CC#N. The van der Waals surface area contributed by atoms with Gasteiger partial charge in [-0.15, -0.1) is 0 Å². The zero-order valence-corrected chi connectivity index (χ0v) is 8.65. The molecule has 0 aliphatic heterocycles. The summed E-state index contributed by atoms with van der Waals surface area (Å²) in [5.41, 5.74) is -2.71. The first-order chi connectivity index (χ1) is 7.77. The van der Waals surface area contributed by atoms with Crippen LogP contribution in [0.2, 0.25) is 0 Å². The van der Waals surface area contributed by atoms with Crippen LogP contribution in [0.15, 0.2) is 6.07 Å². The van der Waals surface area contributed by atoms with Crippen LogP contribution in [0.4, 0.5) is 22.0 Å². The highest BCUT2D eigenvalue weighted by Crippen LogP contribution is 2.35. The lowest BCUT2D eigenvalue weighted by Gasteiger charge is -2.14. The number of aromatic nitrogens is 1. The van der Waals surface area contributed by atoms with Gasteiger partial charge in [-0.2, -0.15) is 18.4 Å². The quantitative estimate of drug-likeness (QED) is 0.754. The Hall–Kier alpha value is -1.71. The number of pyridine rings is 1. The van der Waals surface area contributed by atoms with Gasteiger partial charge >= 0.3 is 6.18 Å². The molecule has 0 atom stereocenters. The maximum Gasteiger partial charge on any atom is 0.416 e. The van der Waals surface area contributed by atoms with E-state index < -0.39 is 30.3 Å². The van der Waals surface area contributed by atoms with Crippen molar-refractivity contribution in [1.82, 2.24) is 4.98 Å². The Kier molecular flexibility index (Phi) is 3.66. The molecule has 0 radical (unpaired) electrons. The van der Waals surface area contributed by atoms with Crippen molar-refractivity contribution in [2.24, 2.45) is 0 Å². The molecule has 0 aliphatic carbocycles. The summed E-state index contributed by atoms with van der Waals surface area (Å²) >= 11 is 0. The minimum Gasteiger partial charge on any atom is -0.252 e. The van der Waals surface area contributed by atoms with E-state index in [1.165, 1.54) is 6.92 Å². The number of aryl methyl sites for hydroxylation is 1. The van der Waals surface area contributed by atoms with E-state index in [-0.39, 0.29) is 11.3 Å². The Morgan fingerprint density at radius 1 is 1.41 bits per heavy atom. The van der Waals surface area contributed by atoms with Gasteiger partial charge in [0.15, 0.2) is 0 Å². The predicted molar refractivity (Wildman–Crippen MR) is 48.3 cm³/mol. The van der Waals surface area contributed by atoms with Crippen molar-refractivity contribution in [2.45, 2.75) is 25.9 Å². The van der Waals surface area contributed by atoms with Gasteiger partial charge in [0, 0.05) is 5.69 Å². The van der Waals surface area contributed by atoms with E-state index >= 15 is 0 Å². The van der Waals surface area contributed by atoms with Gasteiger partial charge in [0.05, 0.1) is 18.1 Å². The summed E-state index contributed by atoms with van der Waals surface area (Å²) in [4.78, 5) is 3.36. The molecule has 0 N–H and O–H groups in total. The minimum absolute atomic E-state index is 0.198. The Balaban J connectivity index is 3.46. The van der Waals surface area contributed by atoms with E-state index in [1.54, 1.807) is 6.07 Å². The maximum atomic E-state index is 12.6. The summed E-state index contributed by atoms with van der Waals surface area (Å²) < 4.78 is 62.5. The molecule has 1 rings (SSSR count). The third-order valence-corrected chi connectivity index (χ3v) is 2.14. The molecule has 17 heavy (non-hydrogen) atoms. The summed E-state index contributed by atoms with van der Waals surface area (Å²) in [6.07, 6.45) is -8.37. The van der Waals surface area contributed by atoms with Gasteiger partial charge in [-0.25, -0.2) is 8.78 Å². The second-order valence-electron chi connectivity index (χ2n) is 3.29. The molecule has 1 heterocycles. The third kappa shape index (κ3) is 2.90. The van der Waals surface area contributed by atoms with Gasteiger partial charge in [0.25, 0.3) is 6.43 Å². The van der Waals surface area contributed by atoms with Gasteiger partial charge in [0.1, 0.15) is 5.69 Å². The van der Waals surface area contributed by atoms with Crippen molar-refractivity contribution in [1.29, 1.82) is 5.26 Å². The number of halogens is 5. The summed E-state index contributed by atoms with van der Waals surface area (Å²) in [5.74, 6) is 0. The number of hydrogen-bond donors (Lipinski definition) is 0. The van der Waals surface area contributed by atoms with Crippen molar-refractivity contribution in [3.05, 3.63) is 28.6 Å². The summed E-state index contributed by atoms with van der Waals surface area (Å²) in [5, 5.41) is 8.42. The number of hydrogen-bond acceptors (Lipinski definition) is 2. The van der Waals surface area contributed by atoms with Crippen LogP contribution in [0.5, 0.6) is 0 Å². The number of nitriles is 1. The van der Waals surface area contributed by atoms with Crippen molar-refractivity contribution in [2.75, 3.05) is 0 Å². The molecule has 1 aromatic rings. The molecule has 0 spiro atoms. The number of alkyl halides is 5. The van der Waals surface area contributed by atoms with E-state index in [0.29, 0.717) is 6.07 Å². The highest BCUT2D eigenvalue weighted by molar-refractivity contribution is 5.36. The fourth-order valence-electron chi connectivity index (χ4n) is 1.39. The summed E-state index contributed by atoms with van der Waals surface area (Å²) in [7, 11) is 0. The summed E-state index contributed by atoms with van der Waals surface area (Å²) in [6.45, 7) is 1.17. The molecule has 0 saturated carbocycles. The molecule has 0 bridgehead atoms. The smallest absolute Gasteiger partial charge is 0.252 e. The van der Waals surface area contributed by atoms with Gasteiger partial charge in [-0.1, -0.05) is 0 Å². The van der Waals surface area contributed by atoms with Gasteiger partial charge < -0.3 is 0 Å². The zero-order chi connectivity index (χ0) is 13.2. The molecule has 0 aliphatic rings. The largest absolute Gasteiger partial charge is 0.416 e. The fraction of sp³-hybridized carbons (Fsp3) is 0.400. The molecule has 0 fully saturated rings. The molecule has 0 unspecified atom stereocenters. The number of rotatable bonds is 2. The van der Waals surface area contributed by atoms with Gasteiger partial charge in [-0.3, -0.25) is 4.98 Å². The van der Waals surface area contributed by atoms with Crippen molar-refractivity contribution in [3.8, 4) is 6.07 Å². The van der Waals surface area contributed by atoms with E-state index in [1.807, 2.05) is 0 Å². The van der Waals surface area contributed by atoms with Crippen LogP contribution in [0.3, 0.4) is 0 Å². The lowest BCUT2D eigenvalue weighted by atomic mass is 10.0. The average Bonchev–Trinajstić information content (AvgIpc) is 2.18. The fourth-order valence-corrected chi connectivity index (χ4v) is 1.39. The summed E-state index contributed by atoms with van der Waals surface area (Å²) in [6, 6.07) is 1.85. The first-order valence-electron chi connectivity index (χ1n) is 4.50. The lowest BCUT2D eigenvalue weighted by molar-refractivity contribution is -0.138. The minimum atomic E-state index is -4.77. The van der Waals surface area contributed by atoms with Crippen molar-refractivity contribution in [3.63, 3.8) is 0 Å². The lowest BCUT2D eigenvalue weighted by Crippen LogP contribution is -2.13. The first-order valence-corrected chi connectivity index (χ1v) is 4.50. The molecule has 1 aromatic heterocycles. The molecule has 0 amide bonds. The van der Waals surface area contributed by atoms with E-state index in [0.717, 1.165) is 0 Å². The Labute approximate surface area is 93.7 Å². The Morgan fingerprint density at radius 2 is 2.00 bits per heavy atom. The van der Waals surface area contributed by atoms with E-state index in [2.05, 4.69) is 4.98 Å². The van der Waals surface area contributed by atoms with Crippen LogP contribution in [0, 0.1) is 18.3 Å². The number of nitrogens with zero attached hydrogens (tertiary/aromatic N) is 2. The molecule has 2 nitrogen and oxygen atoms in total. The Bertz CT molecular complexity index is 459. The Morgan fingerprint density at radius 3 is 2.41 bits per heavy atom. The second kappa shape index (κ2) is 4.65. The topological polar surface area (TPSA) is 36.7 Å². The highest BCUT2D eigenvalue weighted by Gasteiger charge is 2.35. The first kappa shape index (κ1) is 13.4. The van der Waals surface area contributed by atoms with Crippen LogP contribution in [0.25, 0.3) is 0 Å². The van der Waals surface area contributed by atoms with Crippen LogP contribution in [-0.4, -0.2) is 4.98 Å². The van der Waals surface area contributed by atoms with Crippen LogP contribution < -0.4 is 0 Å². The normalized spacial score (nSPS) is 11.6. The average molecular weight is 250 g/mol. The molecule has 7 heteroatoms. The van der Waals surface area contributed by atoms with Crippen LogP contribution in [0.1, 0.15) is 28.9 Å². The van der Waals surface area contributed by atoms with E-state index in [9.17, 15) is 22.0 Å². The molecule has 92 valence electrons.